The number of rotatable bonds is 3. The van der Waals surface area contributed by atoms with E-state index >= 15 is 0 Å². The molecule has 1 aliphatic heterocycles. The van der Waals surface area contributed by atoms with Gasteiger partial charge in [-0.25, -0.2) is 9.97 Å². The fraction of sp³-hybridized carbons (Fsp3) is 0.231. The van der Waals surface area contributed by atoms with Gasteiger partial charge in [-0.2, -0.15) is 0 Å². The predicted molar refractivity (Wildman–Crippen MR) is 81.1 cm³/mol. The summed E-state index contributed by atoms with van der Waals surface area (Å²) < 4.78 is 5.17. The molecule has 0 atom stereocenters. The molecule has 0 bridgehead atoms. The van der Waals surface area contributed by atoms with E-state index in [1.807, 2.05) is 18.3 Å². The maximum Gasteiger partial charge on any atom is 0.227 e. The summed E-state index contributed by atoms with van der Waals surface area (Å²) in [5, 5.41) is 6.96. The predicted octanol–water partition coefficient (Wildman–Crippen LogP) is 2.91. The Hall–Kier alpha value is -1.56. The van der Waals surface area contributed by atoms with Crippen LogP contribution in [0.25, 0.3) is 0 Å². The molecule has 0 amide bonds. The molecular weight excluding hydrogens is 299 g/mol. The number of methoxy groups -OCH3 is 1. The zero-order valence-electron chi connectivity index (χ0n) is 10.8. The van der Waals surface area contributed by atoms with E-state index in [1.54, 1.807) is 13.2 Å². The topological polar surface area (TPSA) is 59.1 Å². The first-order valence-electron chi connectivity index (χ1n) is 5.92. The number of fused-ring (bicyclic) bond motifs is 1. The second-order valence-corrected chi connectivity index (χ2v) is 4.65. The van der Waals surface area contributed by atoms with E-state index in [0.29, 0.717) is 16.7 Å². The largest absolute Gasteiger partial charge is 0.495 e. The number of aromatic nitrogens is 2. The normalized spacial score (nSPS) is 12.5. The highest BCUT2D eigenvalue weighted by Gasteiger charge is 2.13. The number of ether oxygens (including phenoxy) is 1. The van der Waals surface area contributed by atoms with Gasteiger partial charge in [0.25, 0.3) is 0 Å². The quantitative estimate of drug-likeness (QED) is 0.912. The molecule has 2 aromatic rings. The summed E-state index contributed by atoms with van der Waals surface area (Å²) in [7, 11) is 1.59. The van der Waals surface area contributed by atoms with Crippen molar-refractivity contribution >= 4 is 35.6 Å². The van der Waals surface area contributed by atoms with E-state index in [9.17, 15) is 0 Å². The average molecular weight is 313 g/mol. The van der Waals surface area contributed by atoms with Gasteiger partial charge in [0.1, 0.15) is 5.75 Å². The fourth-order valence-corrected chi connectivity index (χ4v) is 2.18. The highest BCUT2D eigenvalue weighted by Crippen LogP contribution is 2.28. The SMILES string of the molecule is COc1cc(Nc2ncc3c(n2)CNC3)ccc1Cl.Cl. The Morgan fingerprint density at radius 2 is 2.20 bits per heavy atom. The Labute approximate surface area is 128 Å². The minimum Gasteiger partial charge on any atom is -0.495 e. The summed E-state index contributed by atoms with van der Waals surface area (Å²) in [5.41, 5.74) is 3.03. The van der Waals surface area contributed by atoms with E-state index in [0.717, 1.165) is 30.0 Å². The molecule has 0 radical (unpaired) electrons. The first-order chi connectivity index (χ1) is 9.26. The lowest BCUT2D eigenvalue weighted by Gasteiger charge is -2.08. The van der Waals surface area contributed by atoms with E-state index in [4.69, 9.17) is 16.3 Å². The molecule has 3 rings (SSSR count). The Balaban J connectivity index is 0.00000147. The smallest absolute Gasteiger partial charge is 0.227 e. The number of nitrogens with one attached hydrogen (secondary N) is 2. The summed E-state index contributed by atoms with van der Waals surface area (Å²) in [5.74, 6) is 1.20. The van der Waals surface area contributed by atoms with Gasteiger partial charge in [0, 0.05) is 36.6 Å². The number of anilines is 2. The molecule has 0 saturated carbocycles. The Bertz CT molecular complexity index is 612. The van der Waals surface area contributed by atoms with Crippen molar-refractivity contribution in [3.05, 3.63) is 40.7 Å². The molecule has 5 nitrogen and oxygen atoms in total. The summed E-state index contributed by atoms with van der Waals surface area (Å²) in [6.07, 6.45) is 1.85. The first kappa shape index (κ1) is 14.8. The van der Waals surface area contributed by atoms with Gasteiger partial charge in [-0.1, -0.05) is 11.6 Å². The lowest BCUT2D eigenvalue weighted by molar-refractivity contribution is 0.415. The lowest BCUT2D eigenvalue weighted by atomic mass is 10.3. The van der Waals surface area contributed by atoms with Crippen LogP contribution < -0.4 is 15.4 Å². The number of benzene rings is 1. The second-order valence-electron chi connectivity index (χ2n) is 4.24. The fourth-order valence-electron chi connectivity index (χ4n) is 1.99. The van der Waals surface area contributed by atoms with Crippen LogP contribution in [-0.4, -0.2) is 17.1 Å². The lowest BCUT2D eigenvalue weighted by Crippen LogP contribution is -2.01. The van der Waals surface area contributed by atoms with Crippen LogP contribution in [-0.2, 0) is 13.1 Å². The van der Waals surface area contributed by atoms with Crippen molar-refractivity contribution in [2.45, 2.75) is 13.1 Å². The summed E-state index contributed by atoms with van der Waals surface area (Å²) in [6.45, 7) is 1.63. The van der Waals surface area contributed by atoms with Crippen molar-refractivity contribution in [3.8, 4) is 5.75 Å². The Morgan fingerprint density at radius 3 is 3.00 bits per heavy atom. The standard InChI is InChI=1S/C13H13ClN4O.ClH/c1-19-12-4-9(2-3-10(12)14)17-13-16-6-8-5-15-7-11(8)18-13;/h2-4,6,15H,5,7H2,1H3,(H,16,17,18);1H. The molecule has 0 spiro atoms. The Morgan fingerprint density at radius 1 is 1.35 bits per heavy atom. The number of halogens is 2. The van der Waals surface area contributed by atoms with Crippen LogP contribution in [0.4, 0.5) is 11.6 Å². The highest BCUT2D eigenvalue weighted by molar-refractivity contribution is 6.32. The highest BCUT2D eigenvalue weighted by atomic mass is 35.5. The van der Waals surface area contributed by atoms with Crippen molar-refractivity contribution in [3.63, 3.8) is 0 Å². The molecule has 1 aromatic heterocycles. The van der Waals surface area contributed by atoms with Crippen LogP contribution in [0.1, 0.15) is 11.3 Å². The van der Waals surface area contributed by atoms with Gasteiger partial charge < -0.3 is 15.4 Å². The van der Waals surface area contributed by atoms with E-state index in [2.05, 4.69) is 20.6 Å². The first-order valence-corrected chi connectivity index (χ1v) is 6.30. The molecular formula is C13H14Cl2N4O. The second kappa shape index (κ2) is 6.26. The van der Waals surface area contributed by atoms with Crippen LogP contribution in [0, 0.1) is 0 Å². The van der Waals surface area contributed by atoms with Crippen molar-refractivity contribution in [2.75, 3.05) is 12.4 Å². The summed E-state index contributed by atoms with van der Waals surface area (Å²) in [6, 6.07) is 5.45. The molecule has 0 saturated heterocycles. The van der Waals surface area contributed by atoms with Crippen molar-refractivity contribution in [1.82, 2.24) is 15.3 Å². The summed E-state index contributed by atoms with van der Waals surface area (Å²) >= 11 is 5.98. The third-order valence-electron chi connectivity index (χ3n) is 2.97. The van der Waals surface area contributed by atoms with Crippen LogP contribution in [0.15, 0.2) is 24.4 Å². The number of hydrogen-bond donors (Lipinski definition) is 2. The van der Waals surface area contributed by atoms with Crippen molar-refractivity contribution in [2.24, 2.45) is 0 Å². The molecule has 0 aliphatic carbocycles. The van der Waals surface area contributed by atoms with Gasteiger partial charge in [0.15, 0.2) is 0 Å². The minimum atomic E-state index is 0. The van der Waals surface area contributed by atoms with E-state index in [1.165, 1.54) is 0 Å². The van der Waals surface area contributed by atoms with E-state index in [-0.39, 0.29) is 12.4 Å². The molecule has 7 heteroatoms. The van der Waals surface area contributed by atoms with Crippen molar-refractivity contribution in [1.29, 1.82) is 0 Å². The van der Waals surface area contributed by atoms with Gasteiger partial charge in [0.05, 0.1) is 17.8 Å². The van der Waals surface area contributed by atoms with Gasteiger partial charge in [-0.15, -0.1) is 12.4 Å². The zero-order valence-corrected chi connectivity index (χ0v) is 12.4. The third kappa shape index (κ3) is 2.95. The molecule has 1 aromatic carbocycles. The van der Waals surface area contributed by atoms with E-state index < -0.39 is 0 Å². The molecule has 2 heterocycles. The van der Waals surface area contributed by atoms with Gasteiger partial charge in [-0.05, 0) is 12.1 Å². The van der Waals surface area contributed by atoms with Crippen LogP contribution in [0.3, 0.4) is 0 Å². The maximum absolute atomic E-state index is 5.98. The summed E-state index contributed by atoms with van der Waals surface area (Å²) in [4.78, 5) is 8.76. The maximum atomic E-state index is 5.98. The monoisotopic (exact) mass is 312 g/mol. The van der Waals surface area contributed by atoms with Gasteiger partial charge in [-0.3, -0.25) is 0 Å². The molecule has 0 unspecified atom stereocenters. The Kier molecular flexibility index (Phi) is 4.65. The van der Waals surface area contributed by atoms with Gasteiger partial charge in [0.2, 0.25) is 5.95 Å². The average Bonchev–Trinajstić information content (AvgIpc) is 2.88. The van der Waals surface area contributed by atoms with Crippen LogP contribution >= 0.6 is 24.0 Å². The molecule has 20 heavy (non-hydrogen) atoms. The molecule has 0 fully saturated rings. The van der Waals surface area contributed by atoms with Gasteiger partial charge >= 0.3 is 0 Å². The molecule has 106 valence electrons. The number of hydrogen-bond acceptors (Lipinski definition) is 5. The minimum absolute atomic E-state index is 0. The number of nitrogens with zero attached hydrogens (tertiary/aromatic N) is 2. The third-order valence-corrected chi connectivity index (χ3v) is 3.28. The van der Waals surface area contributed by atoms with Crippen molar-refractivity contribution < 1.29 is 4.74 Å². The van der Waals surface area contributed by atoms with Crippen LogP contribution in [0.5, 0.6) is 5.75 Å². The molecule has 2 N–H and O–H groups in total. The molecule has 1 aliphatic rings. The van der Waals surface area contributed by atoms with Crippen LogP contribution in [0.2, 0.25) is 5.02 Å². The zero-order chi connectivity index (χ0) is 13.2.